The number of hydrogen-bond acceptors (Lipinski definition) is 3. The van der Waals surface area contributed by atoms with Crippen LogP contribution in [0.2, 0.25) is 0 Å². The van der Waals surface area contributed by atoms with E-state index in [2.05, 4.69) is 6.58 Å². The Morgan fingerprint density at radius 2 is 1.65 bits per heavy atom. The number of esters is 1. The maximum atomic E-state index is 12.2. The molecule has 4 rings (SSSR count). The second-order valence-corrected chi connectivity index (χ2v) is 7.45. The van der Waals surface area contributed by atoms with Gasteiger partial charge in [0, 0.05) is 0 Å². The van der Waals surface area contributed by atoms with Crippen molar-refractivity contribution in [2.45, 2.75) is 64.1 Å². The summed E-state index contributed by atoms with van der Waals surface area (Å²) in [4.78, 5) is 12.2. The molecule has 3 heteroatoms. The fourth-order valence-corrected chi connectivity index (χ4v) is 4.75. The smallest absolute Gasteiger partial charge is 0.336 e. The summed E-state index contributed by atoms with van der Waals surface area (Å²) >= 11 is 0. The highest BCUT2D eigenvalue weighted by molar-refractivity contribution is 5.88. The molecule has 0 atom stereocenters. The summed E-state index contributed by atoms with van der Waals surface area (Å²) in [5.41, 5.74) is 0.279. The molecule has 0 amide bonds. The fourth-order valence-electron chi connectivity index (χ4n) is 4.75. The SMILES string of the molecule is C=C(COC(C)C)C(=O)OC12CC3CC(CC(C3)C1)C2. The zero-order valence-corrected chi connectivity index (χ0v) is 12.7. The average molecular weight is 278 g/mol. The Morgan fingerprint density at radius 3 is 2.10 bits per heavy atom. The zero-order chi connectivity index (χ0) is 14.3. The quantitative estimate of drug-likeness (QED) is 0.570. The standard InChI is InChI=1S/C17H26O3/c1-11(2)19-10-12(3)16(18)20-17-7-13-4-14(8-17)6-15(5-13)9-17/h11,13-15H,3-10H2,1-2H3. The molecule has 4 fully saturated rings. The second kappa shape index (κ2) is 5.18. The third-order valence-electron chi connectivity index (χ3n) is 5.17. The summed E-state index contributed by atoms with van der Waals surface area (Å²) < 4.78 is 11.4. The first-order chi connectivity index (χ1) is 9.46. The highest BCUT2D eigenvalue weighted by atomic mass is 16.6. The number of ether oxygens (including phenoxy) is 2. The number of hydrogen-bond donors (Lipinski definition) is 0. The van der Waals surface area contributed by atoms with Gasteiger partial charge in [-0.15, -0.1) is 0 Å². The van der Waals surface area contributed by atoms with Gasteiger partial charge in [0.1, 0.15) is 5.60 Å². The van der Waals surface area contributed by atoms with Crippen molar-refractivity contribution in [2.24, 2.45) is 17.8 Å². The molecule has 112 valence electrons. The fraction of sp³-hybridized carbons (Fsp3) is 0.824. The van der Waals surface area contributed by atoms with Crippen LogP contribution in [0.25, 0.3) is 0 Å². The maximum absolute atomic E-state index is 12.2. The van der Waals surface area contributed by atoms with Gasteiger partial charge >= 0.3 is 5.97 Å². The van der Waals surface area contributed by atoms with Gasteiger partial charge in [0.15, 0.2) is 0 Å². The summed E-state index contributed by atoms with van der Waals surface area (Å²) in [6, 6.07) is 0. The van der Waals surface area contributed by atoms with Crippen molar-refractivity contribution >= 4 is 5.97 Å². The van der Waals surface area contributed by atoms with E-state index in [4.69, 9.17) is 9.47 Å². The molecule has 4 saturated carbocycles. The van der Waals surface area contributed by atoms with Gasteiger partial charge < -0.3 is 9.47 Å². The molecule has 4 bridgehead atoms. The molecule has 0 heterocycles. The van der Waals surface area contributed by atoms with E-state index >= 15 is 0 Å². The first-order valence-corrected chi connectivity index (χ1v) is 7.98. The third kappa shape index (κ3) is 2.78. The Hall–Kier alpha value is -0.830. The summed E-state index contributed by atoms with van der Waals surface area (Å²) in [5, 5.41) is 0. The van der Waals surface area contributed by atoms with Crippen LogP contribution in [0.3, 0.4) is 0 Å². The predicted molar refractivity (Wildman–Crippen MR) is 77.2 cm³/mol. The van der Waals surface area contributed by atoms with Crippen LogP contribution >= 0.6 is 0 Å². The first kappa shape index (κ1) is 14.1. The van der Waals surface area contributed by atoms with Crippen LogP contribution in [0.15, 0.2) is 12.2 Å². The van der Waals surface area contributed by atoms with E-state index in [0.29, 0.717) is 5.57 Å². The van der Waals surface area contributed by atoms with Crippen LogP contribution in [0, 0.1) is 17.8 Å². The number of carbonyl (C=O) groups is 1. The predicted octanol–water partition coefficient (Wildman–Crippen LogP) is 3.48. The number of carbonyl (C=O) groups excluding carboxylic acids is 1. The Morgan fingerprint density at radius 1 is 1.15 bits per heavy atom. The molecule has 20 heavy (non-hydrogen) atoms. The van der Waals surface area contributed by atoms with Crippen LogP contribution in [-0.2, 0) is 14.3 Å². The molecule has 4 aliphatic carbocycles. The van der Waals surface area contributed by atoms with Crippen LogP contribution in [0.4, 0.5) is 0 Å². The normalized spacial score (nSPS) is 38.2. The van der Waals surface area contributed by atoms with E-state index in [-0.39, 0.29) is 24.3 Å². The second-order valence-electron chi connectivity index (χ2n) is 7.45. The summed E-state index contributed by atoms with van der Waals surface area (Å²) in [7, 11) is 0. The largest absolute Gasteiger partial charge is 0.456 e. The molecule has 0 N–H and O–H groups in total. The Labute approximate surface area is 121 Å². The van der Waals surface area contributed by atoms with E-state index in [1.165, 1.54) is 19.3 Å². The van der Waals surface area contributed by atoms with Gasteiger partial charge in [-0.1, -0.05) is 6.58 Å². The molecule has 0 aromatic heterocycles. The van der Waals surface area contributed by atoms with E-state index in [1.807, 2.05) is 13.8 Å². The Bertz CT molecular complexity index is 375. The van der Waals surface area contributed by atoms with E-state index in [0.717, 1.165) is 37.0 Å². The molecule has 0 spiro atoms. The molecular weight excluding hydrogens is 252 g/mol. The van der Waals surface area contributed by atoms with Crippen LogP contribution < -0.4 is 0 Å². The minimum absolute atomic E-state index is 0.110. The zero-order valence-electron chi connectivity index (χ0n) is 12.7. The highest BCUT2D eigenvalue weighted by Gasteiger charge is 2.53. The third-order valence-corrected chi connectivity index (χ3v) is 5.17. The van der Waals surface area contributed by atoms with Gasteiger partial charge in [-0.2, -0.15) is 0 Å². The van der Waals surface area contributed by atoms with Gasteiger partial charge in [-0.3, -0.25) is 0 Å². The lowest BCUT2D eigenvalue weighted by molar-refractivity contribution is -0.182. The summed E-state index contributed by atoms with van der Waals surface area (Å²) in [5.74, 6) is 2.12. The molecular formula is C17H26O3. The van der Waals surface area contributed by atoms with E-state index in [9.17, 15) is 4.79 Å². The molecule has 4 aliphatic rings. The molecule has 0 saturated heterocycles. The lowest BCUT2D eigenvalue weighted by Crippen LogP contribution is -2.52. The molecule has 0 radical (unpaired) electrons. The molecule has 3 nitrogen and oxygen atoms in total. The van der Waals surface area contributed by atoms with Gasteiger partial charge in [0.25, 0.3) is 0 Å². The van der Waals surface area contributed by atoms with Crippen molar-refractivity contribution in [1.29, 1.82) is 0 Å². The van der Waals surface area contributed by atoms with Gasteiger partial charge in [-0.05, 0) is 70.1 Å². The van der Waals surface area contributed by atoms with Crippen molar-refractivity contribution in [3.63, 3.8) is 0 Å². The maximum Gasteiger partial charge on any atom is 0.336 e. The minimum atomic E-state index is -0.243. The van der Waals surface area contributed by atoms with Gasteiger partial charge in [0.05, 0.1) is 18.3 Å². The van der Waals surface area contributed by atoms with Gasteiger partial charge in [0.2, 0.25) is 0 Å². The summed E-state index contributed by atoms with van der Waals surface area (Å²) in [6.45, 7) is 8.02. The van der Waals surface area contributed by atoms with Crippen molar-refractivity contribution in [1.82, 2.24) is 0 Å². The van der Waals surface area contributed by atoms with Crippen LogP contribution in [0.1, 0.15) is 52.4 Å². The minimum Gasteiger partial charge on any atom is -0.456 e. The van der Waals surface area contributed by atoms with Crippen LogP contribution in [0.5, 0.6) is 0 Å². The molecule has 0 unspecified atom stereocenters. The van der Waals surface area contributed by atoms with Crippen molar-refractivity contribution in [2.75, 3.05) is 6.61 Å². The Kier molecular flexibility index (Phi) is 3.65. The lowest BCUT2D eigenvalue weighted by atomic mass is 9.54. The topological polar surface area (TPSA) is 35.5 Å². The van der Waals surface area contributed by atoms with Crippen molar-refractivity contribution < 1.29 is 14.3 Å². The monoisotopic (exact) mass is 278 g/mol. The van der Waals surface area contributed by atoms with Crippen molar-refractivity contribution in [3.05, 3.63) is 12.2 Å². The van der Waals surface area contributed by atoms with Crippen LogP contribution in [-0.4, -0.2) is 24.3 Å². The number of rotatable bonds is 5. The van der Waals surface area contributed by atoms with E-state index < -0.39 is 0 Å². The highest BCUT2D eigenvalue weighted by Crippen LogP contribution is 2.57. The molecule has 0 aromatic carbocycles. The molecule has 0 aliphatic heterocycles. The van der Waals surface area contributed by atoms with Gasteiger partial charge in [-0.25, -0.2) is 4.79 Å². The molecule has 0 aromatic rings. The lowest BCUT2D eigenvalue weighted by Gasteiger charge is -2.55. The Balaban J connectivity index is 1.60. The first-order valence-electron chi connectivity index (χ1n) is 7.98. The van der Waals surface area contributed by atoms with E-state index in [1.54, 1.807) is 0 Å². The van der Waals surface area contributed by atoms with Crippen molar-refractivity contribution in [3.8, 4) is 0 Å². The average Bonchev–Trinajstić information content (AvgIpc) is 2.33. The summed E-state index contributed by atoms with van der Waals surface area (Å²) in [6.07, 6.45) is 7.39.